The lowest BCUT2D eigenvalue weighted by atomic mass is 10.2. The summed E-state index contributed by atoms with van der Waals surface area (Å²) in [6.45, 7) is 1.74. The van der Waals surface area contributed by atoms with Crippen LogP contribution in [0.25, 0.3) is 10.9 Å². The van der Waals surface area contributed by atoms with Crippen LogP contribution < -0.4 is 20.8 Å². The smallest absolute Gasteiger partial charge is 0.282 e. The lowest BCUT2D eigenvalue weighted by Gasteiger charge is -2.12. The summed E-state index contributed by atoms with van der Waals surface area (Å²) in [6.07, 6.45) is 2.95. The van der Waals surface area contributed by atoms with Crippen molar-refractivity contribution in [1.82, 2.24) is 9.66 Å². The number of aromatic nitrogens is 2. The minimum absolute atomic E-state index is 0.254. The first-order valence-corrected chi connectivity index (χ1v) is 11.0. The number of benzene rings is 2. The summed E-state index contributed by atoms with van der Waals surface area (Å²) in [5.74, 6) is 0.726. The third kappa shape index (κ3) is 5.31. The second-order valence-corrected chi connectivity index (χ2v) is 8.35. The van der Waals surface area contributed by atoms with Crippen molar-refractivity contribution in [2.24, 2.45) is 10.8 Å². The molecule has 0 unspecified atom stereocenters. The molecule has 0 aliphatic heterocycles. The first kappa shape index (κ1) is 23.0. The molecule has 10 heteroatoms. The van der Waals surface area contributed by atoms with Crippen molar-refractivity contribution in [3.63, 3.8) is 0 Å². The molecule has 0 fully saturated rings. The zero-order valence-electron chi connectivity index (χ0n) is 16.9. The molecule has 0 saturated carbocycles. The number of ether oxygens (including phenoxy) is 2. The van der Waals surface area contributed by atoms with Gasteiger partial charge in [0.1, 0.15) is 5.82 Å². The SMILES string of the molecule is CCCc1nc2ccc(Br)cc2c(=O)n1N=Cc1cc(OC)c(OCC(N)=O)cc1Br. The van der Waals surface area contributed by atoms with Gasteiger partial charge in [-0.2, -0.15) is 9.78 Å². The van der Waals surface area contributed by atoms with Crippen LogP contribution in [0.2, 0.25) is 0 Å². The maximum absolute atomic E-state index is 13.1. The van der Waals surface area contributed by atoms with Crippen LogP contribution in [0.15, 0.2) is 49.2 Å². The summed E-state index contributed by atoms with van der Waals surface area (Å²) in [7, 11) is 1.48. The fraction of sp³-hybridized carbons (Fsp3) is 0.238. The monoisotopic (exact) mass is 550 g/mol. The molecule has 3 rings (SSSR count). The van der Waals surface area contributed by atoms with Crippen LogP contribution in [0, 0.1) is 0 Å². The van der Waals surface area contributed by atoms with Gasteiger partial charge in [-0.25, -0.2) is 4.98 Å². The van der Waals surface area contributed by atoms with Crippen LogP contribution in [-0.4, -0.2) is 35.5 Å². The first-order chi connectivity index (χ1) is 14.8. The van der Waals surface area contributed by atoms with E-state index >= 15 is 0 Å². The van der Waals surface area contributed by atoms with Gasteiger partial charge in [0.05, 0.1) is 24.2 Å². The Morgan fingerprint density at radius 2 is 2.03 bits per heavy atom. The Morgan fingerprint density at radius 3 is 2.71 bits per heavy atom. The van der Waals surface area contributed by atoms with E-state index in [-0.39, 0.29) is 12.2 Å². The normalized spacial score (nSPS) is 11.2. The maximum Gasteiger partial charge on any atom is 0.282 e. The van der Waals surface area contributed by atoms with Gasteiger partial charge in [0.25, 0.3) is 11.5 Å². The number of halogens is 2. The lowest BCUT2D eigenvalue weighted by Crippen LogP contribution is -2.22. The van der Waals surface area contributed by atoms with Gasteiger partial charge in [-0.1, -0.05) is 22.9 Å². The molecular weight excluding hydrogens is 532 g/mol. The molecule has 2 N–H and O–H groups in total. The molecule has 0 radical (unpaired) electrons. The van der Waals surface area contributed by atoms with Gasteiger partial charge in [-0.3, -0.25) is 9.59 Å². The van der Waals surface area contributed by atoms with Gasteiger partial charge in [-0.15, -0.1) is 0 Å². The molecular formula is C21H20Br2N4O4. The number of aryl methyl sites for hydroxylation is 1. The van der Waals surface area contributed by atoms with E-state index in [2.05, 4.69) is 41.9 Å². The predicted molar refractivity (Wildman–Crippen MR) is 126 cm³/mol. The maximum atomic E-state index is 13.1. The standard InChI is InChI=1S/C21H20Br2N4O4/c1-3-4-20-26-16-6-5-13(22)8-14(16)21(29)27(20)25-10-12-7-17(30-2)18(9-15(12)23)31-11-19(24)28/h5-10H,3-4,11H2,1-2H3,(H2,24,28). The number of nitrogens with two attached hydrogens (primary N) is 1. The van der Waals surface area contributed by atoms with Gasteiger partial charge >= 0.3 is 0 Å². The number of fused-ring (bicyclic) bond motifs is 1. The third-order valence-electron chi connectivity index (χ3n) is 4.31. The molecule has 31 heavy (non-hydrogen) atoms. The van der Waals surface area contributed by atoms with E-state index < -0.39 is 5.91 Å². The van der Waals surface area contributed by atoms with Crippen molar-refractivity contribution in [2.45, 2.75) is 19.8 Å². The van der Waals surface area contributed by atoms with Crippen molar-refractivity contribution < 1.29 is 14.3 Å². The molecule has 1 aromatic heterocycles. The number of hydrogen-bond donors (Lipinski definition) is 1. The zero-order chi connectivity index (χ0) is 22.5. The van der Waals surface area contributed by atoms with Crippen LogP contribution in [0.4, 0.5) is 0 Å². The van der Waals surface area contributed by atoms with Gasteiger partial charge in [0, 0.05) is 20.9 Å². The van der Waals surface area contributed by atoms with Gasteiger partial charge in [0.2, 0.25) is 0 Å². The molecule has 0 atom stereocenters. The number of carbonyl (C=O) groups is 1. The average Bonchev–Trinajstić information content (AvgIpc) is 2.73. The molecule has 8 nitrogen and oxygen atoms in total. The number of amides is 1. The fourth-order valence-corrected chi connectivity index (χ4v) is 3.68. The van der Waals surface area contributed by atoms with Crippen LogP contribution in [0.1, 0.15) is 24.7 Å². The third-order valence-corrected chi connectivity index (χ3v) is 5.49. The topological polar surface area (TPSA) is 109 Å². The second-order valence-electron chi connectivity index (χ2n) is 6.58. The highest BCUT2D eigenvalue weighted by Crippen LogP contribution is 2.33. The summed E-state index contributed by atoms with van der Waals surface area (Å²) < 4.78 is 13.5. The van der Waals surface area contributed by atoms with Gasteiger partial charge in [0.15, 0.2) is 18.1 Å². The Kier molecular flexibility index (Phi) is 7.45. The van der Waals surface area contributed by atoms with E-state index in [9.17, 15) is 9.59 Å². The first-order valence-electron chi connectivity index (χ1n) is 9.38. The molecule has 162 valence electrons. The second kappa shape index (κ2) is 10.1. The number of methoxy groups -OCH3 is 1. The summed E-state index contributed by atoms with van der Waals surface area (Å²) in [5, 5.41) is 4.89. The molecule has 0 spiro atoms. The molecule has 1 amide bonds. The quantitative estimate of drug-likeness (QED) is 0.430. The van der Waals surface area contributed by atoms with E-state index in [0.717, 1.165) is 10.9 Å². The Morgan fingerprint density at radius 1 is 1.26 bits per heavy atom. The van der Waals surface area contributed by atoms with E-state index in [0.29, 0.717) is 44.7 Å². The summed E-state index contributed by atoms with van der Waals surface area (Å²) >= 11 is 6.85. The highest BCUT2D eigenvalue weighted by molar-refractivity contribution is 9.10. The summed E-state index contributed by atoms with van der Waals surface area (Å²) in [6, 6.07) is 8.72. The number of rotatable bonds is 8. The predicted octanol–water partition coefficient (Wildman–Crippen LogP) is 3.63. The molecule has 0 saturated heterocycles. The Bertz CT molecular complexity index is 1220. The Hall–Kier alpha value is -2.72. The van der Waals surface area contributed by atoms with Crippen molar-refractivity contribution in [3.8, 4) is 11.5 Å². The van der Waals surface area contributed by atoms with Crippen LogP contribution in [0.5, 0.6) is 11.5 Å². The lowest BCUT2D eigenvalue weighted by molar-refractivity contribution is -0.119. The number of nitrogens with zero attached hydrogens (tertiary/aromatic N) is 3. The van der Waals surface area contributed by atoms with E-state index in [1.165, 1.54) is 18.0 Å². The zero-order valence-corrected chi connectivity index (χ0v) is 20.1. The van der Waals surface area contributed by atoms with Crippen molar-refractivity contribution in [2.75, 3.05) is 13.7 Å². The van der Waals surface area contributed by atoms with E-state index in [1.807, 2.05) is 13.0 Å². The largest absolute Gasteiger partial charge is 0.493 e. The van der Waals surface area contributed by atoms with Gasteiger partial charge < -0.3 is 15.2 Å². The van der Waals surface area contributed by atoms with Crippen LogP contribution >= 0.6 is 31.9 Å². The molecule has 0 bridgehead atoms. The summed E-state index contributed by atoms with van der Waals surface area (Å²) in [4.78, 5) is 28.7. The highest BCUT2D eigenvalue weighted by atomic mass is 79.9. The summed E-state index contributed by atoms with van der Waals surface area (Å²) in [5.41, 5.74) is 6.15. The molecule has 0 aliphatic rings. The minimum atomic E-state index is -0.595. The molecule has 0 aliphatic carbocycles. The molecule has 3 aromatic rings. The highest BCUT2D eigenvalue weighted by Gasteiger charge is 2.13. The molecule has 1 heterocycles. The molecule has 2 aromatic carbocycles. The Balaban J connectivity index is 2.06. The average molecular weight is 552 g/mol. The minimum Gasteiger partial charge on any atom is -0.493 e. The number of hydrogen-bond acceptors (Lipinski definition) is 6. The van der Waals surface area contributed by atoms with Gasteiger partial charge in [-0.05, 0) is 52.7 Å². The van der Waals surface area contributed by atoms with E-state index in [1.54, 1.807) is 24.3 Å². The van der Waals surface area contributed by atoms with Crippen molar-refractivity contribution >= 4 is 54.9 Å². The van der Waals surface area contributed by atoms with Crippen molar-refractivity contribution in [1.29, 1.82) is 0 Å². The van der Waals surface area contributed by atoms with Crippen LogP contribution in [0.3, 0.4) is 0 Å². The fourth-order valence-electron chi connectivity index (χ4n) is 2.89. The van der Waals surface area contributed by atoms with E-state index in [4.69, 9.17) is 15.2 Å². The van der Waals surface area contributed by atoms with Crippen LogP contribution in [-0.2, 0) is 11.2 Å². The van der Waals surface area contributed by atoms with Crippen molar-refractivity contribution in [3.05, 3.63) is 61.0 Å². The Labute approximate surface area is 195 Å². The number of carbonyl (C=O) groups excluding carboxylic acids is 1. The number of primary amides is 1.